The number of thiophene rings is 1. The van der Waals surface area contributed by atoms with Crippen LogP contribution >= 0.6 is 22.9 Å². The summed E-state index contributed by atoms with van der Waals surface area (Å²) in [5.41, 5.74) is 7.06. The zero-order valence-electron chi connectivity index (χ0n) is 11.5. The minimum absolute atomic E-state index is 0.0451. The van der Waals surface area contributed by atoms with Gasteiger partial charge >= 0.3 is 0 Å². The zero-order valence-corrected chi connectivity index (χ0v) is 13.1. The maximum Gasteiger partial charge on any atom is 0.261 e. The first-order chi connectivity index (χ1) is 10.1. The lowest BCUT2D eigenvalue weighted by molar-refractivity contribution is 0.0954. The van der Waals surface area contributed by atoms with Gasteiger partial charge in [0, 0.05) is 22.5 Å². The lowest BCUT2D eigenvalue weighted by Gasteiger charge is -2.10. The predicted molar refractivity (Wildman–Crippen MR) is 87.8 cm³/mol. The van der Waals surface area contributed by atoms with Crippen molar-refractivity contribution >= 4 is 28.8 Å². The van der Waals surface area contributed by atoms with E-state index in [1.54, 1.807) is 0 Å². The molecule has 0 bridgehead atoms. The van der Waals surface area contributed by atoms with E-state index in [9.17, 15) is 4.79 Å². The third kappa shape index (κ3) is 3.64. The number of rotatable bonds is 5. The van der Waals surface area contributed by atoms with Gasteiger partial charge in [-0.15, -0.1) is 11.3 Å². The van der Waals surface area contributed by atoms with Gasteiger partial charge in [0.15, 0.2) is 0 Å². The van der Waals surface area contributed by atoms with Crippen molar-refractivity contribution in [3.8, 4) is 10.4 Å². The van der Waals surface area contributed by atoms with Crippen LogP contribution < -0.4 is 11.1 Å². The van der Waals surface area contributed by atoms with E-state index in [2.05, 4.69) is 5.32 Å². The fourth-order valence-electron chi connectivity index (χ4n) is 2.22. The van der Waals surface area contributed by atoms with E-state index in [1.807, 2.05) is 36.4 Å². The highest BCUT2D eigenvalue weighted by molar-refractivity contribution is 7.17. The molecule has 1 aliphatic carbocycles. The topological polar surface area (TPSA) is 55.1 Å². The van der Waals surface area contributed by atoms with E-state index in [0.29, 0.717) is 22.4 Å². The van der Waals surface area contributed by atoms with E-state index >= 15 is 0 Å². The third-order valence-electron chi connectivity index (χ3n) is 3.68. The lowest BCUT2D eigenvalue weighted by atomic mass is 10.2. The Balaban J connectivity index is 1.63. The Morgan fingerprint density at radius 3 is 2.67 bits per heavy atom. The largest absolute Gasteiger partial charge is 0.350 e. The van der Waals surface area contributed by atoms with Crippen LogP contribution in [0.4, 0.5) is 0 Å². The van der Waals surface area contributed by atoms with E-state index < -0.39 is 0 Å². The number of amides is 1. The minimum atomic E-state index is -0.0451. The quantitative estimate of drug-likeness (QED) is 0.885. The molecule has 1 aliphatic rings. The lowest BCUT2D eigenvalue weighted by Crippen LogP contribution is -2.38. The summed E-state index contributed by atoms with van der Waals surface area (Å²) in [6, 6.07) is 11.5. The van der Waals surface area contributed by atoms with Crippen molar-refractivity contribution < 1.29 is 4.79 Å². The smallest absolute Gasteiger partial charge is 0.261 e. The van der Waals surface area contributed by atoms with Crippen molar-refractivity contribution in [3.05, 3.63) is 46.3 Å². The highest BCUT2D eigenvalue weighted by Crippen LogP contribution is 2.31. The Kier molecular flexibility index (Phi) is 4.29. The molecule has 0 radical (unpaired) electrons. The molecular weight excluding hydrogens is 304 g/mol. The van der Waals surface area contributed by atoms with Crippen LogP contribution in [-0.4, -0.2) is 18.5 Å². The molecule has 1 aromatic carbocycles. The summed E-state index contributed by atoms with van der Waals surface area (Å²) in [5, 5.41) is 3.63. The van der Waals surface area contributed by atoms with E-state index in [1.165, 1.54) is 24.2 Å². The number of halogens is 1. The van der Waals surface area contributed by atoms with E-state index in [-0.39, 0.29) is 11.9 Å². The summed E-state index contributed by atoms with van der Waals surface area (Å²) in [6.45, 7) is 0.553. The van der Waals surface area contributed by atoms with Gasteiger partial charge in [-0.2, -0.15) is 0 Å². The molecule has 1 fully saturated rings. The highest BCUT2D eigenvalue weighted by Gasteiger charge is 2.28. The van der Waals surface area contributed by atoms with E-state index in [4.69, 9.17) is 17.3 Å². The zero-order chi connectivity index (χ0) is 14.8. The summed E-state index contributed by atoms with van der Waals surface area (Å²) in [5.74, 6) is 0.551. The molecule has 0 aliphatic heterocycles. The summed E-state index contributed by atoms with van der Waals surface area (Å²) in [7, 11) is 0. The molecule has 3 rings (SSSR count). The Morgan fingerprint density at radius 2 is 2.00 bits per heavy atom. The molecule has 1 heterocycles. The van der Waals surface area contributed by atoms with Gasteiger partial charge in [0.25, 0.3) is 5.91 Å². The van der Waals surface area contributed by atoms with Crippen LogP contribution in [0, 0.1) is 5.92 Å². The van der Waals surface area contributed by atoms with Crippen LogP contribution in [0.5, 0.6) is 0 Å². The third-order valence-corrected chi connectivity index (χ3v) is 5.07. The van der Waals surface area contributed by atoms with Crippen molar-refractivity contribution in [2.45, 2.75) is 18.9 Å². The Bertz CT molecular complexity index is 634. The summed E-state index contributed by atoms with van der Waals surface area (Å²) in [4.78, 5) is 13.9. The first-order valence-electron chi connectivity index (χ1n) is 7.03. The number of carbonyl (C=O) groups excluding carboxylic acids is 1. The first-order valence-corrected chi connectivity index (χ1v) is 8.22. The van der Waals surface area contributed by atoms with Gasteiger partial charge in [0.1, 0.15) is 0 Å². The summed E-state index contributed by atoms with van der Waals surface area (Å²) in [6.07, 6.45) is 2.38. The molecule has 3 nitrogen and oxygen atoms in total. The molecule has 1 amide bonds. The van der Waals surface area contributed by atoms with Gasteiger partial charge in [-0.1, -0.05) is 23.7 Å². The molecule has 0 spiro atoms. The highest BCUT2D eigenvalue weighted by atomic mass is 35.5. The van der Waals surface area contributed by atoms with Gasteiger partial charge in [-0.05, 0) is 48.6 Å². The van der Waals surface area contributed by atoms with Crippen molar-refractivity contribution in [2.75, 3.05) is 6.54 Å². The SMILES string of the molecule is NC(CNC(=O)c1ccc(-c2ccc(Cl)cc2)s1)C1CC1. The maximum atomic E-state index is 12.1. The van der Waals surface area contributed by atoms with Crippen molar-refractivity contribution in [1.29, 1.82) is 0 Å². The van der Waals surface area contributed by atoms with Crippen LogP contribution in [0.3, 0.4) is 0 Å². The van der Waals surface area contributed by atoms with Gasteiger partial charge in [-0.25, -0.2) is 0 Å². The molecular formula is C16H17ClN2OS. The van der Waals surface area contributed by atoms with Gasteiger partial charge in [-0.3, -0.25) is 4.79 Å². The van der Waals surface area contributed by atoms with Gasteiger partial charge in [0.2, 0.25) is 0 Å². The van der Waals surface area contributed by atoms with Crippen molar-refractivity contribution in [2.24, 2.45) is 11.7 Å². The fraction of sp³-hybridized carbons (Fsp3) is 0.312. The van der Waals surface area contributed by atoms with Crippen LogP contribution in [0.15, 0.2) is 36.4 Å². The molecule has 1 aromatic heterocycles. The van der Waals surface area contributed by atoms with Gasteiger partial charge < -0.3 is 11.1 Å². The summed E-state index contributed by atoms with van der Waals surface area (Å²) < 4.78 is 0. The fourth-order valence-corrected chi connectivity index (χ4v) is 3.27. The number of carbonyl (C=O) groups is 1. The Morgan fingerprint density at radius 1 is 1.29 bits per heavy atom. The number of benzene rings is 1. The molecule has 0 saturated heterocycles. The Hall–Kier alpha value is -1.36. The molecule has 5 heteroatoms. The van der Waals surface area contributed by atoms with Gasteiger partial charge in [0.05, 0.1) is 4.88 Å². The van der Waals surface area contributed by atoms with Crippen molar-refractivity contribution in [1.82, 2.24) is 5.32 Å². The van der Waals surface area contributed by atoms with E-state index in [0.717, 1.165) is 10.4 Å². The molecule has 1 saturated carbocycles. The number of hydrogen-bond acceptors (Lipinski definition) is 3. The summed E-state index contributed by atoms with van der Waals surface area (Å²) >= 11 is 7.36. The van der Waals surface area contributed by atoms with Crippen molar-refractivity contribution in [3.63, 3.8) is 0 Å². The predicted octanol–water partition coefficient (Wildman–Crippen LogP) is 3.54. The Labute approximate surface area is 133 Å². The molecule has 1 atom stereocenters. The normalized spacial score (nSPS) is 15.7. The molecule has 21 heavy (non-hydrogen) atoms. The average Bonchev–Trinajstić information content (AvgIpc) is 3.23. The maximum absolute atomic E-state index is 12.1. The second-order valence-electron chi connectivity index (χ2n) is 5.38. The van der Waals surface area contributed by atoms with Crippen LogP contribution in [0.2, 0.25) is 5.02 Å². The average molecular weight is 321 g/mol. The van der Waals surface area contributed by atoms with Crippen LogP contribution in [0.25, 0.3) is 10.4 Å². The number of nitrogens with two attached hydrogens (primary N) is 1. The second-order valence-corrected chi connectivity index (χ2v) is 6.90. The molecule has 3 N–H and O–H groups in total. The number of nitrogens with one attached hydrogen (secondary N) is 1. The molecule has 2 aromatic rings. The van der Waals surface area contributed by atoms with Crippen LogP contribution in [0.1, 0.15) is 22.5 Å². The minimum Gasteiger partial charge on any atom is -0.350 e. The first kappa shape index (κ1) is 14.6. The molecule has 1 unspecified atom stereocenters. The second kappa shape index (κ2) is 6.18. The van der Waals surface area contributed by atoms with Crippen LogP contribution in [-0.2, 0) is 0 Å². The molecule has 110 valence electrons. The monoisotopic (exact) mass is 320 g/mol. The standard InChI is InChI=1S/C16H17ClN2OS/c17-12-5-3-11(4-6-12)14-7-8-15(21-14)16(20)19-9-13(18)10-1-2-10/h3-8,10,13H,1-2,9,18H2,(H,19,20). The number of hydrogen-bond donors (Lipinski definition) is 2.